The van der Waals surface area contributed by atoms with Gasteiger partial charge < -0.3 is 9.73 Å². The maximum absolute atomic E-state index is 5.52. The number of fused-ring (bicyclic) bond motifs is 4. The fourth-order valence-corrected chi connectivity index (χ4v) is 6.65. The number of furan rings is 1. The highest BCUT2D eigenvalue weighted by atomic mass is 16.3. The van der Waals surface area contributed by atoms with Crippen LogP contribution in [0.1, 0.15) is 22.3 Å². The second kappa shape index (κ2) is 9.39. The highest BCUT2D eigenvalue weighted by molar-refractivity contribution is 5.92. The second-order valence-electron chi connectivity index (χ2n) is 10.6. The van der Waals surface area contributed by atoms with Gasteiger partial charge in [-0.15, -0.1) is 0 Å². The third-order valence-electron chi connectivity index (χ3n) is 8.42. The normalized spacial score (nSPS) is 13.1. The summed E-state index contributed by atoms with van der Waals surface area (Å²) in [5, 5.41) is 4.94. The molecule has 7 aromatic rings. The van der Waals surface area contributed by atoms with E-state index >= 15 is 0 Å². The quantitative estimate of drug-likeness (QED) is 0.242. The highest BCUT2D eigenvalue weighted by Gasteiger charge is 2.47. The zero-order chi connectivity index (χ0) is 27.2. The molecule has 194 valence electrons. The minimum absolute atomic E-state index is 0.446. The number of nitrogens with one attached hydrogen (secondary N) is 1. The summed E-state index contributed by atoms with van der Waals surface area (Å²) in [5.74, 6) is 0. The van der Waals surface area contributed by atoms with Crippen molar-refractivity contribution in [2.24, 2.45) is 0 Å². The molecular weight excluding hydrogens is 498 g/mol. The maximum atomic E-state index is 5.52. The molecule has 41 heavy (non-hydrogen) atoms. The molecule has 0 spiro atoms. The molecule has 2 nitrogen and oxygen atoms in total. The fourth-order valence-electron chi connectivity index (χ4n) is 6.65. The minimum Gasteiger partial charge on any atom is -0.464 e. The first-order valence-corrected chi connectivity index (χ1v) is 14.0. The average molecular weight is 526 g/mol. The Morgan fingerprint density at radius 3 is 1.93 bits per heavy atom. The van der Waals surface area contributed by atoms with Gasteiger partial charge in [0.15, 0.2) is 0 Å². The molecule has 0 amide bonds. The molecule has 0 atom stereocenters. The molecular formula is C39H27NO. The van der Waals surface area contributed by atoms with Crippen molar-refractivity contribution in [2.45, 2.75) is 5.41 Å². The summed E-state index contributed by atoms with van der Waals surface area (Å²) in [5.41, 5.74) is 12.6. The van der Waals surface area contributed by atoms with Gasteiger partial charge in [-0.2, -0.15) is 0 Å². The summed E-state index contributed by atoms with van der Waals surface area (Å²) in [6.07, 6.45) is 1.74. The van der Waals surface area contributed by atoms with Gasteiger partial charge in [0.1, 0.15) is 5.58 Å². The molecule has 0 radical (unpaired) electrons. The van der Waals surface area contributed by atoms with Crippen molar-refractivity contribution in [1.29, 1.82) is 0 Å². The Morgan fingerprint density at radius 1 is 0.512 bits per heavy atom. The van der Waals surface area contributed by atoms with E-state index in [-0.39, 0.29) is 0 Å². The summed E-state index contributed by atoms with van der Waals surface area (Å²) < 4.78 is 5.52. The van der Waals surface area contributed by atoms with Crippen LogP contribution in [-0.2, 0) is 5.41 Å². The topological polar surface area (TPSA) is 25.2 Å². The first kappa shape index (κ1) is 23.5. The number of hydrogen-bond donors (Lipinski definition) is 1. The Bertz CT molecular complexity index is 1960. The third kappa shape index (κ3) is 3.65. The van der Waals surface area contributed by atoms with Crippen LogP contribution in [0.4, 0.5) is 11.4 Å². The van der Waals surface area contributed by atoms with Gasteiger partial charge in [-0.25, -0.2) is 0 Å². The molecule has 1 heterocycles. The Morgan fingerprint density at radius 2 is 1.17 bits per heavy atom. The van der Waals surface area contributed by atoms with Crippen LogP contribution in [0.15, 0.2) is 162 Å². The van der Waals surface area contributed by atoms with Crippen LogP contribution in [0.5, 0.6) is 0 Å². The first-order chi connectivity index (χ1) is 20.3. The van der Waals surface area contributed by atoms with Gasteiger partial charge in [-0.1, -0.05) is 115 Å². The van der Waals surface area contributed by atoms with E-state index in [2.05, 4.69) is 145 Å². The molecule has 2 heteroatoms. The predicted molar refractivity (Wildman–Crippen MR) is 169 cm³/mol. The molecule has 0 saturated carbocycles. The van der Waals surface area contributed by atoms with Gasteiger partial charge in [-0.3, -0.25) is 0 Å². The van der Waals surface area contributed by atoms with Crippen LogP contribution in [-0.4, -0.2) is 0 Å². The smallest absolute Gasteiger partial charge is 0.133 e. The van der Waals surface area contributed by atoms with Crippen molar-refractivity contribution in [1.82, 2.24) is 0 Å². The summed E-state index contributed by atoms with van der Waals surface area (Å²) >= 11 is 0. The zero-order valence-corrected chi connectivity index (χ0v) is 22.4. The SMILES string of the molecule is c1ccc(C2(c3ccccc3)c3ccccc3-c3cccc(Nc4ccc(-c5ccc6occc6c5)cc4)c32)cc1. The fraction of sp³-hybridized carbons (Fsp3) is 0.0256. The average Bonchev–Trinajstić information content (AvgIpc) is 3.64. The van der Waals surface area contributed by atoms with E-state index in [9.17, 15) is 0 Å². The van der Waals surface area contributed by atoms with Crippen molar-refractivity contribution in [2.75, 3.05) is 5.32 Å². The summed E-state index contributed by atoms with van der Waals surface area (Å²) in [6, 6.07) is 54.4. The van der Waals surface area contributed by atoms with Crippen molar-refractivity contribution >= 4 is 22.3 Å². The molecule has 8 rings (SSSR count). The van der Waals surface area contributed by atoms with E-state index < -0.39 is 5.41 Å². The van der Waals surface area contributed by atoms with Crippen molar-refractivity contribution in [3.05, 3.63) is 180 Å². The Balaban J connectivity index is 1.28. The van der Waals surface area contributed by atoms with E-state index in [1.165, 1.54) is 44.5 Å². The van der Waals surface area contributed by atoms with Crippen molar-refractivity contribution in [3.8, 4) is 22.3 Å². The summed E-state index contributed by atoms with van der Waals surface area (Å²) in [4.78, 5) is 0. The summed E-state index contributed by atoms with van der Waals surface area (Å²) in [6.45, 7) is 0. The molecule has 0 saturated heterocycles. The van der Waals surface area contributed by atoms with E-state index in [1.54, 1.807) is 6.26 Å². The number of hydrogen-bond acceptors (Lipinski definition) is 2. The highest BCUT2D eigenvalue weighted by Crippen LogP contribution is 2.58. The number of anilines is 2. The van der Waals surface area contributed by atoms with E-state index in [0.717, 1.165) is 22.3 Å². The Labute approximate surface area is 239 Å². The molecule has 1 N–H and O–H groups in total. The standard InChI is InChI=1S/C39H27NO/c1-3-10-30(11-4-1)39(31-12-5-2-6-13-31)35-16-8-7-14-33(35)34-15-9-17-36(38(34)39)40-32-21-18-27(19-22-32)28-20-23-37-29(26-28)24-25-41-37/h1-26,40H. The van der Waals surface area contributed by atoms with Gasteiger partial charge in [-0.05, 0) is 75.3 Å². The van der Waals surface area contributed by atoms with E-state index in [1.807, 2.05) is 12.1 Å². The van der Waals surface area contributed by atoms with E-state index in [4.69, 9.17) is 4.42 Å². The lowest BCUT2D eigenvalue weighted by molar-refractivity contribution is 0.616. The monoisotopic (exact) mass is 525 g/mol. The van der Waals surface area contributed by atoms with Crippen LogP contribution in [0.3, 0.4) is 0 Å². The Kier molecular flexibility index (Phi) is 5.39. The maximum Gasteiger partial charge on any atom is 0.133 e. The van der Waals surface area contributed by atoms with Gasteiger partial charge >= 0.3 is 0 Å². The van der Waals surface area contributed by atoms with E-state index in [0.29, 0.717) is 0 Å². The Hall–Kier alpha value is -5.34. The van der Waals surface area contributed by atoms with Crippen LogP contribution in [0.2, 0.25) is 0 Å². The number of benzene rings is 6. The largest absolute Gasteiger partial charge is 0.464 e. The minimum atomic E-state index is -0.446. The van der Waals surface area contributed by atoms with Gasteiger partial charge in [0.25, 0.3) is 0 Å². The van der Waals surface area contributed by atoms with Crippen molar-refractivity contribution in [3.63, 3.8) is 0 Å². The van der Waals surface area contributed by atoms with Gasteiger partial charge in [0.2, 0.25) is 0 Å². The lowest BCUT2D eigenvalue weighted by atomic mass is 9.67. The van der Waals surface area contributed by atoms with Crippen LogP contribution >= 0.6 is 0 Å². The van der Waals surface area contributed by atoms with Crippen LogP contribution in [0, 0.1) is 0 Å². The lowest BCUT2D eigenvalue weighted by Gasteiger charge is -2.35. The lowest BCUT2D eigenvalue weighted by Crippen LogP contribution is -2.29. The molecule has 6 aromatic carbocycles. The predicted octanol–water partition coefficient (Wildman–Crippen LogP) is 10.2. The molecule has 0 aliphatic heterocycles. The zero-order valence-electron chi connectivity index (χ0n) is 22.4. The molecule has 1 aromatic heterocycles. The van der Waals surface area contributed by atoms with Crippen molar-refractivity contribution < 1.29 is 4.42 Å². The third-order valence-corrected chi connectivity index (χ3v) is 8.42. The summed E-state index contributed by atoms with van der Waals surface area (Å²) in [7, 11) is 0. The van der Waals surface area contributed by atoms with Crippen LogP contribution < -0.4 is 5.32 Å². The molecule has 0 fully saturated rings. The number of rotatable bonds is 5. The van der Waals surface area contributed by atoms with Crippen LogP contribution in [0.25, 0.3) is 33.2 Å². The molecule has 0 bridgehead atoms. The molecule has 1 aliphatic rings. The molecule has 1 aliphatic carbocycles. The van der Waals surface area contributed by atoms with Gasteiger partial charge in [0, 0.05) is 22.3 Å². The second-order valence-corrected chi connectivity index (χ2v) is 10.6. The first-order valence-electron chi connectivity index (χ1n) is 14.0. The molecule has 0 unspecified atom stereocenters. The van der Waals surface area contributed by atoms with Gasteiger partial charge in [0.05, 0.1) is 11.7 Å².